The van der Waals surface area contributed by atoms with Gasteiger partial charge in [0.2, 0.25) is 0 Å². The lowest BCUT2D eigenvalue weighted by molar-refractivity contribution is -0.368. The van der Waals surface area contributed by atoms with Crippen molar-refractivity contribution in [1.82, 2.24) is 4.98 Å². The highest BCUT2D eigenvalue weighted by Crippen LogP contribution is 2.19. The van der Waals surface area contributed by atoms with E-state index < -0.39 is 0 Å². The number of H-pyrrole nitrogens is 1. The topological polar surface area (TPSA) is 43.4 Å². The number of hydrogen-bond acceptors (Lipinski definition) is 0. The number of unbranched alkanes of at least 4 members (excludes halogenated alkanes) is 4. The van der Waals surface area contributed by atoms with Gasteiger partial charge >= 0.3 is 0 Å². The van der Waals surface area contributed by atoms with Gasteiger partial charge < -0.3 is 10.7 Å². The van der Waals surface area contributed by atoms with Crippen molar-refractivity contribution in [1.29, 1.82) is 0 Å². The van der Waals surface area contributed by atoms with Crippen LogP contribution in [0.3, 0.4) is 0 Å². The summed E-state index contributed by atoms with van der Waals surface area (Å²) in [5.74, 6) is 0. The zero-order chi connectivity index (χ0) is 11.9. The smallest absolute Gasteiger partial charge is 0.0739 e. The lowest BCUT2D eigenvalue weighted by Gasteiger charge is -2.00. The van der Waals surface area contributed by atoms with E-state index in [1.165, 1.54) is 55.0 Å². The molecule has 92 valence electrons. The maximum atomic E-state index is 3.87. The van der Waals surface area contributed by atoms with E-state index in [1.54, 1.807) is 0 Å². The molecule has 2 rings (SSSR count). The van der Waals surface area contributed by atoms with E-state index in [4.69, 9.17) is 0 Å². The summed E-state index contributed by atoms with van der Waals surface area (Å²) in [5, 5.41) is 1.39. The number of quaternary nitrogens is 1. The van der Waals surface area contributed by atoms with Crippen molar-refractivity contribution in [3.63, 3.8) is 0 Å². The molecule has 0 bridgehead atoms. The molecule has 0 aliphatic heterocycles. The molecule has 1 aromatic heterocycles. The number of rotatable bonds is 7. The number of aromatic amines is 1. The van der Waals surface area contributed by atoms with Crippen LogP contribution in [0.15, 0.2) is 30.5 Å². The highest BCUT2D eigenvalue weighted by atomic mass is 14.7. The van der Waals surface area contributed by atoms with Crippen LogP contribution in [0.1, 0.15) is 37.7 Å². The van der Waals surface area contributed by atoms with Crippen LogP contribution in [-0.2, 0) is 6.42 Å². The monoisotopic (exact) mass is 231 g/mol. The Balaban J connectivity index is 1.79. The molecule has 0 radical (unpaired) electrons. The summed E-state index contributed by atoms with van der Waals surface area (Å²) in [6.45, 7) is 1.09. The summed E-state index contributed by atoms with van der Waals surface area (Å²) in [6.07, 6.45) is 10.0. The number of benzene rings is 1. The first-order valence-corrected chi connectivity index (χ1v) is 6.76. The number of nitrogens with one attached hydrogen (secondary N) is 1. The number of fused-ring (bicyclic) bond motifs is 1. The van der Waals surface area contributed by atoms with Gasteiger partial charge in [-0.15, -0.1) is 0 Å². The molecule has 1 heterocycles. The van der Waals surface area contributed by atoms with Gasteiger partial charge in [0, 0.05) is 17.1 Å². The minimum atomic E-state index is 1.09. The van der Waals surface area contributed by atoms with Gasteiger partial charge in [0.1, 0.15) is 0 Å². The average Bonchev–Trinajstić information content (AvgIpc) is 2.77. The number of para-hydroxylation sites is 1. The molecule has 2 nitrogen and oxygen atoms in total. The third kappa shape index (κ3) is 3.34. The molecule has 0 aliphatic rings. The zero-order valence-electron chi connectivity index (χ0n) is 10.5. The van der Waals surface area contributed by atoms with Gasteiger partial charge in [0.05, 0.1) is 6.54 Å². The Bertz CT molecular complexity index is 445. The molecule has 0 unspecified atom stereocenters. The quantitative estimate of drug-likeness (QED) is 0.688. The molecule has 0 atom stereocenters. The Morgan fingerprint density at radius 3 is 2.59 bits per heavy atom. The third-order valence-electron chi connectivity index (χ3n) is 3.37. The molecule has 0 spiro atoms. The van der Waals surface area contributed by atoms with E-state index in [0.717, 1.165) is 6.54 Å². The summed E-state index contributed by atoms with van der Waals surface area (Å²) >= 11 is 0. The van der Waals surface area contributed by atoms with Crippen LogP contribution in [0.4, 0.5) is 0 Å². The van der Waals surface area contributed by atoms with E-state index in [1.807, 2.05) is 0 Å². The van der Waals surface area contributed by atoms with E-state index >= 15 is 0 Å². The second kappa shape index (κ2) is 6.45. The predicted octanol–water partition coefficient (Wildman–Crippen LogP) is 2.90. The highest BCUT2D eigenvalue weighted by molar-refractivity contribution is 5.82. The van der Waals surface area contributed by atoms with E-state index in [9.17, 15) is 0 Å². The molecule has 2 aromatic rings. The molecule has 4 N–H and O–H groups in total. The molecule has 0 aliphatic carbocycles. The van der Waals surface area contributed by atoms with Crippen molar-refractivity contribution >= 4 is 10.9 Å². The van der Waals surface area contributed by atoms with Gasteiger partial charge in [-0.05, 0) is 37.3 Å². The third-order valence-corrected chi connectivity index (χ3v) is 3.37. The Hall–Kier alpha value is -1.28. The van der Waals surface area contributed by atoms with Gasteiger partial charge in [-0.3, -0.25) is 0 Å². The summed E-state index contributed by atoms with van der Waals surface area (Å²) in [6, 6.07) is 8.56. The fraction of sp³-hybridized carbons (Fsp3) is 0.467. The molecule has 0 saturated carbocycles. The van der Waals surface area contributed by atoms with Crippen LogP contribution in [0.25, 0.3) is 10.9 Å². The molecule has 2 heteroatoms. The van der Waals surface area contributed by atoms with Gasteiger partial charge in [-0.1, -0.05) is 31.0 Å². The van der Waals surface area contributed by atoms with Crippen LogP contribution in [0, 0.1) is 0 Å². The van der Waals surface area contributed by atoms with Crippen molar-refractivity contribution in [3.05, 3.63) is 36.0 Å². The molecule has 0 fully saturated rings. The molecule has 17 heavy (non-hydrogen) atoms. The summed E-state index contributed by atoms with van der Waals surface area (Å²) in [5.41, 5.74) is 6.61. The standard InChI is InChI=1S/C15H22N2/c16-11-7-3-1-2-4-8-13-12-17-15-10-6-5-9-14(13)15/h5-6,9-10,12,17H,1-4,7-8,11,16H2/p+1. The van der Waals surface area contributed by atoms with Crippen LogP contribution in [0.5, 0.6) is 0 Å². The second-order valence-electron chi connectivity index (χ2n) is 4.73. The van der Waals surface area contributed by atoms with Crippen LogP contribution in [0.2, 0.25) is 0 Å². The van der Waals surface area contributed by atoms with E-state index in [-0.39, 0.29) is 0 Å². The van der Waals surface area contributed by atoms with Crippen molar-refractivity contribution < 1.29 is 5.73 Å². The summed E-state index contributed by atoms with van der Waals surface area (Å²) in [7, 11) is 0. The molecule has 1 aromatic carbocycles. The zero-order valence-corrected chi connectivity index (χ0v) is 10.5. The van der Waals surface area contributed by atoms with Crippen molar-refractivity contribution in [2.24, 2.45) is 0 Å². The minimum Gasteiger partial charge on any atom is -0.361 e. The van der Waals surface area contributed by atoms with E-state index in [2.05, 4.69) is 41.2 Å². The molecular weight excluding hydrogens is 208 g/mol. The first kappa shape index (κ1) is 12.2. The van der Waals surface area contributed by atoms with Crippen LogP contribution in [-0.4, -0.2) is 11.5 Å². The average molecular weight is 231 g/mol. The normalized spacial score (nSPS) is 11.1. The lowest BCUT2D eigenvalue weighted by Crippen LogP contribution is -2.50. The first-order valence-electron chi connectivity index (χ1n) is 6.76. The number of aromatic nitrogens is 1. The maximum absolute atomic E-state index is 3.87. The molecule has 0 amide bonds. The summed E-state index contributed by atoms with van der Waals surface area (Å²) < 4.78 is 0. The van der Waals surface area contributed by atoms with Crippen molar-refractivity contribution in [2.75, 3.05) is 6.54 Å². The van der Waals surface area contributed by atoms with E-state index in [0.29, 0.717) is 0 Å². The number of aryl methyl sites for hydroxylation is 1. The minimum absolute atomic E-state index is 1.09. The fourth-order valence-electron chi connectivity index (χ4n) is 2.36. The summed E-state index contributed by atoms with van der Waals surface area (Å²) in [4.78, 5) is 3.34. The largest absolute Gasteiger partial charge is 0.361 e. The SMILES string of the molecule is [NH3+]CCCCCCCc1c[nH]c2ccccc12. The van der Waals surface area contributed by atoms with Crippen LogP contribution >= 0.6 is 0 Å². The highest BCUT2D eigenvalue weighted by Gasteiger charge is 2.01. The lowest BCUT2D eigenvalue weighted by atomic mass is 10.0. The van der Waals surface area contributed by atoms with Crippen LogP contribution < -0.4 is 5.73 Å². The van der Waals surface area contributed by atoms with Gasteiger partial charge in [0.15, 0.2) is 0 Å². The number of hydrogen-bond donors (Lipinski definition) is 2. The van der Waals surface area contributed by atoms with Gasteiger partial charge in [-0.2, -0.15) is 0 Å². The Kier molecular flexibility index (Phi) is 4.63. The predicted molar refractivity (Wildman–Crippen MR) is 72.8 cm³/mol. The Labute approximate surface area is 103 Å². The Morgan fingerprint density at radius 1 is 0.941 bits per heavy atom. The van der Waals surface area contributed by atoms with Gasteiger partial charge in [-0.25, -0.2) is 0 Å². The second-order valence-corrected chi connectivity index (χ2v) is 4.73. The first-order chi connectivity index (χ1) is 8.42. The Morgan fingerprint density at radius 2 is 1.71 bits per heavy atom. The van der Waals surface area contributed by atoms with Crippen molar-refractivity contribution in [2.45, 2.75) is 38.5 Å². The molecular formula is C15H23N2+. The van der Waals surface area contributed by atoms with Gasteiger partial charge in [0.25, 0.3) is 0 Å². The maximum Gasteiger partial charge on any atom is 0.0739 e. The van der Waals surface area contributed by atoms with Crippen molar-refractivity contribution in [3.8, 4) is 0 Å². The molecule has 0 saturated heterocycles. The fourth-order valence-corrected chi connectivity index (χ4v) is 2.36.